The minimum absolute atomic E-state index is 0.0694. The van der Waals surface area contributed by atoms with Crippen LogP contribution in [-0.2, 0) is 41.8 Å². The summed E-state index contributed by atoms with van der Waals surface area (Å²) in [6.45, 7) is 2.94. The Labute approximate surface area is 392 Å². The molecule has 0 heterocycles. The molecule has 5 unspecified atom stereocenters. The fourth-order valence-corrected chi connectivity index (χ4v) is 8.40. The van der Waals surface area contributed by atoms with Crippen LogP contribution in [0.3, 0.4) is 0 Å². The highest BCUT2D eigenvalue weighted by atomic mass is 31.2. The van der Waals surface area contributed by atoms with Crippen molar-refractivity contribution in [1.29, 1.82) is 0 Å². The van der Waals surface area contributed by atoms with Gasteiger partial charge in [0, 0.05) is 12.8 Å². The fraction of sp³-hybridized carbons (Fsp3) is 0.745. The number of rotatable bonds is 39. The number of hydrogen-bond acceptors (Lipinski definition) is 14. The van der Waals surface area contributed by atoms with Crippen LogP contribution in [0.4, 0.5) is 0 Å². The second kappa shape index (κ2) is 37.5. The largest absolute Gasteiger partial charge is 0.472 e. The molecule has 0 aromatic carbocycles. The molecular weight excluding hydrogens is 898 g/mol. The van der Waals surface area contributed by atoms with Crippen LogP contribution in [0.2, 0.25) is 0 Å². The first-order chi connectivity index (χ1) is 31.5. The highest BCUT2D eigenvalue weighted by Crippen LogP contribution is 2.49. The number of aliphatic hydroxyl groups excluding tert-OH is 5. The van der Waals surface area contributed by atoms with Crippen LogP contribution >= 0.6 is 15.6 Å². The van der Waals surface area contributed by atoms with E-state index in [0.29, 0.717) is 32.1 Å². The summed E-state index contributed by atoms with van der Waals surface area (Å²) >= 11 is 0. The van der Waals surface area contributed by atoms with E-state index in [2.05, 4.69) is 36.6 Å². The average Bonchev–Trinajstić information content (AvgIpc) is 3.27. The summed E-state index contributed by atoms with van der Waals surface area (Å²) in [4.78, 5) is 54.3. The maximum absolute atomic E-state index is 13.0. The van der Waals surface area contributed by atoms with Gasteiger partial charge in [-0.05, 0) is 70.6 Å². The summed E-state index contributed by atoms with van der Waals surface area (Å²) < 4.78 is 49.3. The summed E-state index contributed by atoms with van der Waals surface area (Å²) in [7, 11) is -10.7. The van der Waals surface area contributed by atoms with Crippen LogP contribution in [0, 0.1) is 0 Å². The van der Waals surface area contributed by atoms with Crippen molar-refractivity contribution >= 4 is 27.6 Å². The van der Waals surface area contributed by atoms with Crippen LogP contribution in [0.1, 0.15) is 162 Å². The number of aliphatic hydroxyl groups is 5. The molecule has 1 aliphatic rings. The molecule has 0 aromatic rings. The lowest BCUT2D eigenvalue weighted by Crippen LogP contribution is -2.64. The van der Waals surface area contributed by atoms with Crippen molar-refractivity contribution in [3.8, 4) is 0 Å². The maximum atomic E-state index is 13.0. The molecule has 1 aliphatic carbocycles. The van der Waals surface area contributed by atoms with Crippen molar-refractivity contribution in [2.75, 3.05) is 13.2 Å². The van der Waals surface area contributed by atoms with Gasteiger partial charge in [0.25, 0.3) is 0 Å². The molecule has 0 saturated heterocycles. The third-order valence-electron chi connectivity index (χ3n) is 10.6. The van der Waals surface area contributed by atoms with Gasteiger partial charge in [0.15, 0.2) is 6.10 Å². The molecule has 1 saturated carbocycles. The SMILES string of the molecule is CCCCC/C=C\C=C/[C@H](O)C/C=C\C/C=C/CCCC(=O)O[C@H](COC(=O)CCCCCCC/C=C\CCCCCCCC)COP(=O)(O)O[C@H]1C(O)C(O)C(O)[C@@H](OP(=O)(O)O)C1O. The lowest BCUT2D eigenvalue weighted by molar-refractivity contribution is -0.216. The van der Waals surface area contributed by atoms with Crippen molar-refractivity contribution in [3.05, 3.63) is 60.8 Å². The molecule has 0 bridgehead atoms. The second-order valence-electron chi connectivity index (χ2n) is 16.7. The van der Waals surface area contributed by atoms with Gasteiger partial charge in [-0.2, -0.15) is 0 Å². The number of phosphoric acid groups is 2. The zero-order valence-corrected chi connectivity index (χ0v) is 41.0. The summed E-state index contributed by atoms with van der Waals surface area (Å²) in [5.41, 5.74) is 0. The van der Waals surface area contributed by atoms with Crippen molar-refractivity contribution < 1.29 is 82.0 Å². The molecule has 9 atom stereocenters. The Bertz CT molecular complexity index is 1530. The first-order valence-corrected chi connectivity index (χ1v) is 27.0. The first kappa shape index (κ1) is 61.7. The van der Waals surface area contributed by atoms with E-state index in [0.717, 1.165) is 51.4 Å². The van der Waals surface area contributed by atoms with Crippen LogP contribution in [0.25, 0.3) is 0 Å². The number of phosphoric ester groups is 2. The summed E-state index contributed by atoms with van der Waals surface area (Å²) in [6.07, 6.45) is 24.9. The second-order valence-corrected chi connectivity index (χ2v) is 19.3. The van der Waals surface area contributed by atoms with E-state index in [-0.39, 0.29) is 12.8 Å². The molecule has 8 N–H and O–H groups in total. The third kappa shape index (κ3) is 31.7. The third-order valence-corrected chi connectivity index (χ3v) is 12.1. The Balaban J connectivity index is 2.67. The molecule has 0 aliphatic heterocycles. The average molecular weight is 981 g/mol. The summed E-state index contributed by atoms with van der Waals surface area (Å²) in [5.74, 6) is -1.32. The molecule has 382 valence electrons. The highest BCUT2D eigenvalue weighted by Gasteiger charge is 2.54. The van der Waals surface area contributed by atoms with Crippen molar-refractivity contribution in [3.63, 3.8) is 0 Å². The minimum atomic E-state index is -5.38. The lowest BCUT2D eigenvalue weighted by Gasteiger charge is -2.43. The van der Waals surface area contributed by atoms with Gasteiger partial charge < -0.3 is 49.7 Å². The van der Waals surface area contributed by atoms with E-state index in [4.69, 9.17) is 18.5 Å². The number of carbonyl (C=O) groups is 2. The van der Waals surface area contributed by atoms with Crippen molar-refractivity contribution in [1.82, 2.24) is 0 Å². The molecule has 0 amide bonds. The Hall–Kier alpha value is -2.34. The predicted octanol–water partition coefficient (Wildman–Crippen LogP) is 8.03. The number of esters is 2. The quantitative estimate of drug-likeness (QED) is 0.00951. The van der Waals surface area contributed by atoms with Gasteiger partial charge in [0.2, 0.25) is 0 Å². The Morgan fingerprint density at radius 1 is 0.561 bits per heavy atom. The zero-order chi connectivity index (χ0) is 49.1. The normalized spacial score (nSPS) is 22.5. The molecule has 0 spiro atoms. The van der Waals surface area contributed by atoms with Gasteiger partial charge in [-0.25, -0.2) is 9.13 Å². The van der Waals surface area contributed by atoms with Crippen LogP contribution < -0.4 is 0 Å². The molecule has 66 heavy (non-hydrogen) atoms. The number of carbonyl (C=O) groups excluding carboxylic acids is 2. The van der Waals surface area contributed by atoms with E-state index in [1.165, 1.54) is 51.4 Å². The first-order valence-electron chi connectivity index (χ1n) is 23.9. The molecule has 17 nitrogen and oxygen atoms in total. The van der Waals surface area contributed by atoms with Crippen LogP contribution in [-0.4, -0.2) is 114 Å². The molecular formula is C47H82O17P2. The highest BCUT2D eigenvalue weighted by molar-refractivity contribution is 7.47. The van der Waals surface area contributed by atoms with Crippen LogP contribution in [0.15, 0.2) is 60.8 Å². The number of hydrogen-bond donors (Lipinski definition) is 8. The van der Waals surface area contributed by atoms with Gasteiger partial charge in [0.05, 0.1) is 12.7 Å². The number of ether oxygens (including phenoxy) is 2. The Morgan fingerprint density at radius 3 is 1.73 bits per heavy atom. The van der Waals surface area contributed by atoms with Gasteiger partial charge >= 0.3 is 27.6 Å². The monoisotopic (exact) mass is 981 g/mol. The number of unbranched alkanes of at least 4 members (excludes halogenated alkanes) is 15. The van der Waals surface area contributed by atoms with Gasteiger partial charge in [-0.3, -0.25) is 23.2 Å². The van der Waals surface area contributed by atoms with E-state index in [1.807, 2.05) is 36.5 Å². The lowest BCUT2D eigenvalue weighted by atomic mass is 9.85. The summed E-state index contributed by atoms with van der Waals surface area (Å²) in [5, 5.41) is 51.3. The van der Waals surface area contributed by atoms with Gasteiger partial charge in [-0.15, -0.1) is 0 Å². The Morgan fingerprint density at radius 2 is 1.08 bits per heavy atom. The minimum Gasteiger partial charge on any atom is -0.462 e. The van der Waals surface area contributed by atoms with Gasteiger partial charge in [0.1, 0.15) is 43.2 Å². The maximum Gasteiger partial charge on any atom is 0.472 e. The van der Waals surface area contributed by atoms with E-state index >= 15 is 0 Å². The number of allylic oxidation sites excluding steroid dienone is 8. The van der Waals surface area contributed by atoms with Crippen LogP contribution in [0.5, 0.6) is 0 Å². The molecule has 0 aromatic heterocycles. The molecule has 19 heteroatoms. The molecule has 0 radical (unpaired) electrons. The zero-order valence-electron chi connectivity index (χ0n) is 39.2. The van der Waals surface area contributed by atoms with Crippen molar-refractivity contribution in [2.45, 2.75) is 210 Å². The van der Waals surface area contributed by atoms with E-state index in [1.54, 1.807) is 6.08 Å². The Kier molecular flexibility index (Phi) is 35.1. The van der Waals surface area contributed by atoms with E-state index in [9.17, 15) is 58.9 Å². The molecule has 1 fully saturated rings. The van der Waals surface area contributed by atoms with Gasteiger partial charge in [-0.1, -0.05) is 139 Å². The van der Waals surface area contributed by atoms with E-state index < -0.39 is 89.6 Å². The molecule has 1 rings (SSSR count). The fourth-order valence-electron chi connectivity index (χ4n) is 6.86. The summed E-state index contributed by atoms with van der Waals surface area (Å²) in [6, 6.07) is 0. The smallest absolute Gasteiger partial charge is 0.462 e. The standard InChI is InChI=1S/C47H82O17P2/c1-3-5-7-9-11-12-13-14-15-16-17-18-22-26-30-34-40(49)60-36-39(37-61-66(58,59)64-47-44(53)42(51)43(52)46(45(47)54)63-65(55,56)57)62-41(50)35-31-27-23-19-21-25-29-33-38(48)32-28-24-20-10-8-6-4-2/h14-15,19-20,23-25,28-29,32,38-39,42-48,51-54H,3-13,16-18,21-22,26-27,30-31,33-37H2,1-2H3,(H,58,59)(H2,55,56,57)/b15-14-,23-19+,24-20-,29-25-,32-28-/t38-,39+,42?,43?,44?,45?,46+,47-/m0/s1. The predicted molar refractivity (Wildman–Crippen MR) is 252 cm³/mol. The topological polar surface area (TPSA) is 276 Å². The van der Waals surface area contributed by atoms with Crippen molar-refractivity contribution in [2.24, 2.45) is 0 Å².